The number of carbonyl (C=O) groups excluding carboxylic acids is 2. The highest BCUT2D eigenvalue weighted by molar-refractivity contribution is 5.76. The summed E-state index contributed by atoms with van der Waals surface area (Å²) in [5.41, 5.74) is 0. The summed E-state index contributed by atoms with van der Waals surface area (Å²) in [5.74, 6) is 0.752. The number of piperazine rings is 1. The molecule has 0 aromatic rings. The molecule has 1 rings (SSSR count). The molecule has 104 valence electrons. The molecule has 0 aliphatic carbocycles. The van der Waals surface area contributed by atoms with Crippen LogP contribution in [0.4, 0.5) is 4.79 Å². The normalized spacial score (nSPS) is 16.0. The molecule has 18 heavy (non-hydrogen) atoms. The van der Waals surface area contributed by atoms with Crippen LogP contribution in [0.5, 0.6) is 0 Å². The van der Waals surface area contributed by atoms with Crippen LogP contribution in [-0.2, 0) is 9.53 Å². The van der Waals surface area contributed by atoms with Gasteiger partial charge in [0.25, 0.3) is 0 Å². The predicted molar refractivity (Wildman–Crippen MR) is 69.2 cm³/mol. The molecule has 0 radical (unpaired) electrons. The maximum absolute atomic E-state index is 11.9. The van der Waals surface area contributed by atoms with Gasteiger partial charge in [-0.15, -0.1) is 0 Å². The Balaban J connectivity index is 2.30. The standard InChI is InChI=1S/C13H24N2O3/c1-4-18-13(17)15-9-7-14(8-10-15)12(16)6-5-11(2)3/h11H,4-10H2,1-3H3. The highest BCUT2D eigenvalue weighted by Crippen LogP contribution is 2.09. The zero-order valence-electron chi connectivity index (χ0n) is 11.6. The summed E-state index contributed by atoms with van der Waals surface area (Å²) in [5, 5.41) is 0. The van der Waals surface area contributed by atoms with Gasteiger partial charge in [-0.25, -0.2) is 4.79 Å². The van der Waals surface area contributed by atoms with E-state index in [-0.39, 0.29) is 12.0 Å². The van der Waals surface area contributed by atoms with Crippen LogP contribution in [-0.4, -0.2) is 54.6 Å². The van der Waals surface area contributed by atoms with Crippen LogP contribution in [0.25, 0.3) is 0 Å². The first-order valence-corrected chi connectivity index (χ1v) is 6.74. The summed E-state index contributed by atoms with van der Waals surface area (Å²) in [4.78, 5) is 26.9. The van der Waals surface area contributed by atoms with Crippen LogP contribution in [0.15, 0.2) is 0 Å². The van der Waals surface area contributed by atoms with Crippen LogP contribution < -0.4 is 0 Å². The van der Waals surface area contributed by atoms with Crippen LogP contribution in [0, 0.1) is 5.92 Å². The molecule has 0 saturated carbocycles. The smallest absolute Gasteiger partial charge is 0.409 e. The molecule has 5 nitrogen and oxygen atoms in total. The van der Waals surface area contributed by atoms with Crippen molar-refractivity contribution in [3.05, 3.63) is 0 Å². The molecule has 5 heteroatoms. The lowest BCUT2D eigenvalue weighted by atomic mass is 10.1. The number of nitrogens with zero attached hydrogens (tertiary/aromatic N) is 2. The summed E-state index contributed by atoms with van der Waals surface area (Å²) in [6.07, 6.45) is 1.26. The molecule has 2 amide bonds. The number of carbonyl (C=O) groups is 2. The predicted octanol–water partition coefficient (Wildman–Crippen LogP) is 1.72. The van der Waals surface area contributed by atoms with Crippen molar-refractivity contribution in [3.8, 4) is 0 Å². The third-order valence-corrected chi connectivity index (χ3v) is 3.09. The molecule has 0 aromatic heterocycles. The highest BCUT2D eigenvalue weighted by Gasteiger charge is 2.24. The third kappa shape index (κ3) is 4.55. The van der Waals surface area contributed by atoms with Gasteiger partial charge in [0.15, 0.2) is 0 Å². The Morgan fingerprint density at radius 2 is 1.67 bits per heavy atom. The SMILES string of the molecule is CCOC(=O)N1CCN(C(=O)CCC(C)C)CC1. The summed E-state index contributed by atoms with van der Waals surface area (Å²) in [6, 6.07) is 0. The van der Waals surface area contributed by atoms with E-state index in [0.717, 1.165) is 6.42 Å². The minimum atomic E-state index is -0.272. The molecule has 1 heterocycles. The Labute approximate surface area is 109 Å². The maximum atomic E-state index is 11.9. The van der Waals surface area contributed by atoms with E-state index in [9.17, 15) is 9.59 Å². The van der Waals surface area contributed by atoms with E-state index >= 15 is 0 Å². The number of hydrogen-bond donors (Lipinski definition) is 0. The Kier molecular flexibility index (Phi) is 5.95. The lowest BCUT2D eigenvalue weighted by Gasteiger charge is -2.34. The Hall–Kier alpha value is -1.26. The Morgan fingerprint density at radius 1 is 1.11 bits per heavy atom. The fourth-order valence-electron chi connectivity index (χ4n) is 1.92. The lowest BCUT2D eigenvalue weighted by molar-refractivity contribution is -0.133. The topological polar surface area (TPSA) is 49.9 Å². The molecule has 1 aliphatic rings. The van der Waals surface area contributed by atoms with Gasteiger partial charge in [0.2, 0.25) is 5.91 Å². The highest BCUT2D eigenvalue weighted by atomic mass is 16.6. The van der Waals surface area contributed by atoms with E-state index in [4.69, 9.17) is 4.74 Å². The molecule has 1 fully saturated rings. The second kappa shape index (κ2) is 7.24. The number of ether oxygens (including phenoxy) is 1. The van der Waals surface area contributed by atoms with Gasteiger partial charge in [0.05, 0.1) is 6.61 Å². The molecule has 0 unspecified atom stereocenters. The van der Waals surface area contributed by atoms with Gasteiger partial charge in [-0.2, -0.15) is 0 Å². The zero-order chi connectivity index (χ0) is 13.5. The van der Waals surface area contributed by atoms with E-state index in [0.29, 0.717) is 45.1 Å². The minimum Gasteiger partial charge on any atom is -0.450 e. The summed E-state index contributed by atoms with van der Waals surface area (Å²) in [6.45, 7) is 8.82. The first-order chi connectivity index (χ1) is 8.54. The lowest BCUT2D eigenvalue weighted by Crippen LogP contribution is -2.50. The van der Waals surface area contributed by atoms with Crippen LogP contribution >= 0.6 is 0 Å². The average Bonchev–Trinajstić information content (AvgIpc) is 2.36. The van der Waals surface area contributed by atoms with Crippen molar-refractivity contribution in [1.82, 2.24) is 9.80 Å². The van der Waals surface area contributed by atoms with Gasteiger partial charge < -0.3 is 14.5 Å². The summed E-state index contributed by atoms with van der Waals surface area (Å²) >= 11 is 0. The number of hydrogen-bond acceptors (Lipinski definition) is 3. The third-order valence-electron chi connectivity index (χ3n) is 3.09. The van der Waals surface area contributed by atoms with E-state index in [1.807, 2.05) is 4.90 Å². The van der Waals surface area contributed by atoms with Crippen molar-refractivity contribution >= 4 is 12.0 Å². The van der Waals surface area contributed by atoms with E-state index in [1.54, 1.807) is 11.8 Å². The van der Waals surface area contributed by atoms with Gasteiger partial charge in [-0.1, -0.05) is 13.8 Å². The fraction of sp³-hybridized carbons (Fsp3) is 0.846. The largest absolute Gasteiger partial charge is 0.450 e. The average molecular weight is 256 g/mol. The molecular formula is C13H24N2O3. The van der Waals surface area contributed by atoms with E-state index in [1.165, 1.54) is 0 Å². The van der Waals surface area contributed by atoms with Gasteiger partial charge in [-0.3, -0.25) is 4.79 Å². The van der Waals surface area contributed by atoms with Gasteiger partial charge >= 0.3 is 6.09 Å². The molecule has 0 N–H and O–H groups in total. The number of rotatable bonds is 4. The van der Waals surface area contributed by atoms with Crippen molar-refractivity contribution in [2.45, 2.75) is 33.6 Å². The van der Waals surface area contributed by atoms with Crippen molar-refractivity contribution in [1.29, 1.82) is 0 Å². The van der Waals surface area contributed by atoms with Gasteiger partial charge in [0, 0.05) is 32.6 Å². The van der Waals surface area contributed by atoms with E-state index in [2.05, 4.69) is 13.8 Å². The number of amides is 2. The molecule has 0 atom stereocenters. The molecule has 0 aromatic carbocycles. The van der Waals surface area contributed by atoms with Crippen molar-refractivity contribution < 1.29 is 14.3 Å². The van der Waals surface area contributed by atoms with Crippen LogP contribution in [0.1, 0.15) is 33.6 Å². The fourth-order valence-corrected chi connectivity index (χ4v) is 1.92. The van der Waals surface area contributed by atoms with Crippen LogP contribution in [0.3, 0.4) is 0 Å². The molecule has 1 saturated heterocycles. The minimum absolute atomic E-state index is 0.201. The zero-order valence-corrected chi connectivity index (χ0v) is 11.6. The Bertz CT molecular complexity index is 284. The monoisotopic (exact) mass is 256 g/mol. The molecular weight excluding hydrogens is 232 g/mol. The first kappa shape index (κ1) is 14.8. The quantitative estimate of drug-likeness (QED) is 0.769. The molecule has 1 aliphatic heterocycles. The molecule has 0 spiro atoms. The first-order valence-electron chi connectivity index (χ1n) is 6.74. The maximum Gasteiger partial charge on any atom is 0.409 e. The second-order valence-corrected chi connectivity index (χ2v) is 5.00. The van der Waals surface area contributed by atoms with E-state index < -0.39 is 0 Å². The van der Waals surface area contributed by atoms with Crippen molar-refractivity contribution in [3.63, 3.8) is 0 Å². The van der Waals surface area contributed by atoms with Crippen molar-refractivity contribution in [2.75, 3.05) is 32.8 Å². The van der Waals surface area contributed by atoms with Gasteiger partial charge in [0.1, 0.15) is 0 Å². The van der Waals surface area contributed by atoms with Gasteiger partial charge in [-0.05, 0) is 19.3 Å². The van der Waals surface area contributed by atoms with Crippen molar-refractivity contribution in [2.24, 2.45) is 5.92 Å². The summed E-state index contributed by atoms with van der Waals surface area (Å²) < 4.78 is 4.94. The molecule has 0 bridgehead atoms. The Morgan fingerprint density at radius 3 is 2.17 bits per heavy atom. The second-order valence-electron chi connectivity index (χ2n) is 5.00. The summed E-state index contributed by atoms with van der Waals surface area (Å²) in [7, 11) is 0. The van der Waals surface area contributed by atoms with Crippen LogP contribution in [0.2, 0.25) is 0 Å².